The number of ether oxygens (including phenoxy) is 4. The average Bonchev–Trinajstić information content (AvgIpc) is 2.46. The molecule has 0 bridgehead atoms. The van der Waals surface area contributed by atoms with E-state index >= 15 is 0 Å². The largest absolute Gasteiger partial charge is 0.394 e. The molecular formula is C72H135NO13. The molecule has 2 aliphatic rings. The lowest BCUT2D eigenvalue weighted by molar-refractivity contribution is -0.359. The van der Waals surface area contributed by atoms with E-state index < -0.39 is 86.8 Å². The minimum atomic E-state index is -1.79. The van der Waals surface area contributed by atoms with Crippen LogP contribution < -0.4 is 5.32 Å². The van der Waals surface area contributed by atoms with E-state index in [2.05, 4.69) is 43.5 Å². The Hall–Kier alpha value is -1.79. The maximum atomic E-state index is 13.3. The van der Waals surface area contributed by atoms with Crippen molar-refractivity contribution in [2.24, 2.45) is 0 Å². The SMILES string of the molecule is CCCCCCCC/C=C\CCCCCCCCCCCC(=O)NC(COC1OC(CO)C(OC2OC(CO)C(O)C(O)C2O)C(O)C1O)C(O)/C=C/CC/C=C/CCCCCCCCCCCCCCCCCCCCCCCCCCCCC. The fourth-order valence-electron chi connectivity index (χ4n) is 12.0. The maximum absolute atomic E-state index is 13.3. The number of hydrogen-bond donors (Lipinski definition) is 9. The summed E-state index contributed by atoms with van der Waals surface area (Å²) in [6, 6.07) is -0.933. The number of carbonyl (C=O) groups excluding carboxylic acids is 1. The predicted octanol–water partition coefficient (Wildman–Crippen LogP) is 14.9. The highest BCUT2D eigenvalue weighted by atomic mass is 16.7. The van der Waals surface area contributed by atoms with E-state index in [1.165, 1.54) is 257 Å². The van der Waals surface area contributed by atoms with E-state index in [1.807, 2.05) is 6.08 Å². The Kier molecular flexibility index (Phi) is 53.4. The number of aliphatic hydroxyl groups excluding tert-OH is 8. The Bertz CT molecular complexity index is 1580. The predicted molar refractivity (Wildman–Crippen MR) is 351 cm³/mol. The summed E-state index contributed by atoms with van der Waals surface area (Å²) >= 11 is 0. The quantitative estimate of drug-likeness (QED) is 0.0204. The summed E-state index contributed by atoms with van der Waals surface area (Å²) < 4.78 is 22.8. The molecule has 12 atom stereocenters. The van der Waals surface area contributed by atoms with Crippen LogP contribution in [0.3, 0.4) is 0 Å². The highest BCUT2D eigenvalue weighted by molar-refractivity contribution is 5.76. The molecular weight excluding hydrogens is 1090 g/mol. The molecule has 9 N–H and O–H groups in total. The fourth-order valence-corrected chi connectivity index (χ4v) is 12.0. The molecule has 0 spiro atoms. The van der Waals surface area contributed by atoms with Crippen molar-refractivity contribution in [2.75, 3.05) is 19.8 Å². The Morgan fingerprint density at radius 2 is 0.744 bits per heavy atom. The highest BCUT2D eigenvalue weighted by Gasteiger charge is 2.51. The molecule has 0 aromatic rings. The Morgan fingerprint density at radius 3 is 1.14 bits per heavy atom. The van der Waals surface area contributed by atoms with E-state index in [9.17, 15) is 45.6 Å². The van der Waals surface area contributed by atoms with Crippen molar-refractivity contribution in [3.05, 3.63) is 36.5 Å². The maximum Gasteiger partial charge on any atom is 0.220 e. The second-order valence-electron chi connectivity index (χ2n) is 25.7. The van der Waals surface area contributed by atoms with Gasteiger partial charge in [-0.05, 0) is 57.8 Å². The molecule has 0 saturated carbocycles. The summed E-state index contributed by atoms with van der Waals surface area (Å²) in [6.07, 6.45) is 56.5. The first-order chi connectivity index (χ1) is 42.1. The monoisotopic (exact) mass is 1220 g/mol. The summed E-state index contributed by atoms with van der Waals surface area (Å²) in [5.74, 6) is -0.248. The molecule has 0 radical (unpaired) electrons. The van der Waals surface area contributed by atoms with Gasteiger partial charge in [0.25, 0.3) is 0 Å². The summed E-state index contributed by atoms with van der Waals surface area (Å²) in [4.78, 5) is 13.3. The molecule has 0 aromatic carbocycles. The van der Waals surface area contributed by atoms with Gasteiger partial charge in [0.2, 0.25) is 5.91 Å². The number of amides is 1. The van der Waals surface area contributed by atoms with Gasteiger partial charge in [-0.2, -0.15) is 0 Å². The molecule has 2 fully saturated rings. The van der Waals surface area contributed by atoms with Crippen LogP contribution in [0.15, 0.2) is 36.5 Å². The van der Waals surface area contributed by atoms with Crippen LogP contribution in [0, 0.1) is 0 Å². The third-order valence-electron chi connectivity index (χ3n) is 17.8. The van der Waals surface area contributed by atoms with Gasteiger partial charge in [-0.15, -0.1) is 0 Å². The standard InChI is InChI=1S/C72H135NO13/c1-3-5-7-9-11-13-15-17-19-21-23-24-25-26-27-28-29-30-31-32-33-34-35-36-38-39-41-43-45-47-49-51-53-55-61(76)60(73-64(77)56-54-52-50-48-46-44-42-40-37-22-20-18-16-14-12-10-8-6-4-2)59-83-71-69(82)67(80)70(63(58-75)85-71)86-72-68(81)66(79)65(78)62(57-74)84-72/h18,20,45,47,53,55,60-63,65-72,74-76,78-82H,3-17,19,21-44,46,48-52,54,56-59H2,1-2H3,(H,73,77)/b20-18-,47-45+,55-53+. The second kappa shape index (κ2) is 57.1. The van der Waals surface area contributed by atoms with Gasteiger partial charge in [-0.25, -0.2) is 0 Å². The van der Waals surface area contributed by atoms with Crippen LogP contribution in [-0.4, -0.2) is 140 Å². The van der Waals surface area contributed by atoms with E-state index in [1.54, 1.807) is 6.08 Å². The molecule has 0 aliphatic carbocycles. The van der Waals surface area contributed by atoms with Crippen molar-refractivity contribution < 1.29 is 64.6 Å². The first-order valence-electron chi connectivity index (χ1n) is 36.2. The lowest BCUT2D eigenvalue weighted by Gasteiger charge is -2.46. The number of allylic oxidation sites excluding steroid dienone is 5. The van der Waals surface area contributed by atoms with Gasteiger partial charge in [0.05, 0.1) is 32.0 Å². The molecule has 12 unspecified atom stereocenters. The number of rotatable bonds is 60. The van der Waals surface area contributed by atoms with Gasteiger partial charge in [0.15, 0.2) is 12.6 Å². The Balaban J connectivity index is 1.66. The van der Waals surface area contributed by atoms with Crippen molar-refractivity contribution >= 4 is 5.91 Å². The number of hydrogen-bond acceptors (Lipinski definition) is 13. The van der Waals surface area contributed by atoms with Crippen LogP contribution in [0.4, 0.5) is 0 Å². The Morgan fingerprint density at radius 1 is 0.407 bits per heavy atom. The molecule has 0 aromatic heterocycles. The lowest BCUT2D eigenvalue weighted by Crippen LogP contribution is -2.65. The molecule has 86 heavy (non-hydrogen) atoms. The zero-order chi connectivity index (χ0) is 62.3. The van der Waals surface area contributed by atoms with Crippen LogP contribution in [0.1, 0.15) is 322 Å². The number of aliphatic hydroxyl groups is 8. The van der Waals surface area contributed by atoms with Gasteiger partial charge in [-0.3, -0.25) is 4.79 Å². The van der Waals surface area contributed by atoms with Crippen LogP contribution in [0.2, 0.25) is 0 Å². The van der Waals surface area contributed by atoms with Crippen molar-refractivity contribution in [3.63, 3.8) is 0 Å². The molecule has 2 aliphatic heterocycles. The van der Waals surface area contributed by atoms with Crippen LogP contribution in [-0.2, 0) is 23.7 Å². The van der Waals surface area contributed by atoms with Crippen molar-refractivity contribution in [3.8, 4) is 0 Å². The first-order valence-corrected chi connectivity index (χ1v) is 36.2. The number of nitrogens with one attached hydrogen (secondary N) is 1. The highest BCUT2D eigenvalue weighted by Crippen LogP contribution is 2.30. The summed E-state index contributed by atoms with van der Waals surface area (Å²) in [5.41, 5.74) is 0. The van der Waals surface area contributed by atoms with Gasteiger partial charge in [0.1, 0.15) is 48.8 Å². The third-order valence-corrected chi connectivity index (χ3v) is 17.8. The van der Waals surface area contributed by atoms with E-state index in [-0.39, 0.29) is 18.9 Å². The van der Waals surface area contributed by atoms with Gasteiger partial charge < -0.3 is 65.1 Å². The molecule has 14 heteroatoms. The van der Waals surface area contributed by atoms with E-state index in [0.29, 0.717) is 12.8 Å². The summed E-state index contributed by atoms with van der Waals surface area (Å²) in [7, 11) is 0. The van der Waals surface area contributed by atoms with Gasteiger partial charge in [-0.1, -0.05) is 294 Å². The number of unbranched alkanes of at least 4 members (excludes halogenated alkanes) is 43. The number of carbonyl (C=O) groups is 1. The van der Waals surface area contributed by atoms with Crippen LogP contribution >= 0.6 is 0 Å². The zero-order valence-electron chi connectivity index (χ0n) is 55.1. The molecule has 1 amide bonds. The van der Waals surface area contributed by atoms with Crippen molar-refractivity contribution in [1.82, 2.24) is 5.32 Å². The minimum absolute atomic E-state index is 0.248. The molecule has 2 heterocycles. The first kappa shape index (κ1) is 80.3. The van der Waals surface area contributed by atoms with Gasteiger partial charge >= 0.3 is 0 Å². The Labute approximate surface area is 525 Å². The van der Waals surface area contributed by atoms with Crippen LogP contribution in [0.5, 0.6) is 0 Å². The van der Waals surface area contributed by atoms with E-state index in [0.717, 1.165) is 32.1 Å². The zero-order valence-corrected chi connectivity index (χ0v) is 55.1. The minimum Gasteiger partial charge on any atom is -0.394 e. The molecule has 2 saturated heterocycles. The second-order valence-corrected chi connectivity index (χ2v) is 25.7. The molecule has 506 valence electrons. The average molecular weight is 1220 g/mol. The molecule has 2 rings (SSSR count). The third kappa shape index (κ3) is 40.8. The van der Waals surface area contributed by atoms with Crippen molar-refractivity contribution in [1.29, 1.82) is 0 Å². The molecule has 14 nitrogen and oxygen atoms in total. The van der Waals surface area contributed by atoms with Crippen molar-refractivity contribution in [2.45, 2.75) is 396 Å². The topological polar surface area (TPSA) is 228 Å². The fraction of sp³-hybridized carbons (Fsp3) is 0.903. The van der Waals surface area contributed by atoms with Gasteiger partial charge in [0, 0.05) is 6.42 Å². The lowest BCUT2D eigenvalue weighted by atomic mass is 9.97. The summed E-state index contributed by atoms with van der Waals surface area (Å²) in [5, 5.41) is 87.4. The van der Waals surface area contributed by atoms with Crippen LogP contribution in [0.25, 0.3) is 0 Å². The summed E-state index contributed by atoms with van der Waals surface area (Å²) in [6.45, 7) is 2.82. The van der Waals surface area contributed by atoms with E-state index in [4.69, 9.17) is 18.9 Å². The normalized spacial score (nSPS) is 23.6. The smallest absolute Gasteiger partial charge is 0.220 e.